The second-order valence-electron chi connectivity index (χ2n) is 7.10. The van der Waals surface area contributed by atoms with Gasteiger partial charge < -0.3 is 4.42 Å². The minimum absolute atomic E-state index is 0.702. The van der Waals surface area contributed by atoms with E-state index in [1.165, 1.54) is 5.39 Å². The van der Waals surface area contributed by atoms with Gasteiger partial charge in [-0.15, -0.1) is 0 Å². The van der Waals surface area contributed by atoms with E-state index >= 15 is 0 Å². The molecular weight excluding hydrogens is 356 g/mol. The first-order valence-electron chi connectivity index (χ1n) is 9.61. The fraction of sp³-hybridized carbons (Fsp3) is 0. The van der Waals surface area contributed by atoms with Crippen molar-refractivity contribution in [1.29, 1.82) is 0 Å². The quantitative estimate of drug-likeness (QED) is 0.333. The van der Waals surface area contributed by atoms with E-state index < -0.39 is 0 Å². The Morgan fingerprint density at radius 3 is 1.93 bits per heavy atom. The second kappa shape index (κ2) is 6.28. The molecule has 0 atom stereocenters. The maximum absolute atomic E-state index is 6.31. The number of fused-ring (bicyclic) bond motifs is 4. The molecule has 0 aliphatic heterocycles. The van der Waals surface area contributed by atoms with E-state index in [1.807, 2.05) is 54.6 Å². The van der Waals surface area contributed by atoms with E-state index in [9.17, 15) is 0 Å². The molecule has 29 heavy (non-hydrogen) atoms. The largest absolute Gasteiger partial charge is 0.452 e. The fourth-order valence-corrected chi connectivity index (χ4v) is 3.84. The van der Waals surface area contributed by atoms with Crippen molar-refractivity contribution in [2.45, 2.75) is 0 Å². The Morgan fingerprint density at radius 2 is 1.21 bits per heavy atom. The molecule has 0 aliphatic carbocycles. The summed E-state index contributed by atoms with van der Waals surface area (Å²) in [7, 11) is 0. The lowest BCUT2D eigenvalue weighted by Crippen LogP contribution is -1.93. The molecule has 3 heteroatoms. The summed E-state index contributed by atoms with van der Waals surface area (Å²) < 4.78 is 6.31. The van der Waals surface area contributed by atoms with Crippen molar-refractivity contribution in [3.05, 3.63) is 97.1 Å². The van der Waals surface area contributed by atoms with Gasteiger partial charge in [-0.1, -0.05) is 84.9 Å². The fourth-order valence-electron chi connectivity index (χ4n) is 3.84. The molecule has 0 saturated carbocycles. The molecule has 0 bridgehead atoms. The second-order valence-corrected chi connectivity index (χ2v) is 7.10. The van der Waals surface area contributed by atoms with Crippen molar-refractivity contribution in [1.82, 2.24) is 9.97 Å². The van der Waals surface area contributed by atoms with Crippen LogP contribution in [0.25, 0.3) is 55.5 Å². The molecule has 0 fully saturated rings. The lowest BCUT2D eigenvalue weighted by Gasteiger charge is -2.06. The molecule has 0 aliphatic rings. The summed E-state index contributed by atoms with van der Waals surface area (Å²) in [5.41, 5.74) is 5.21. The lowest BCUT2D eigenvalue weighted by atomic mass is 10.1. The topological polar surface area (TPSA) is 38.9 Å². The first-order valence-corrected chi connectivity index (χ1v) is 9.61. The Labute approximate surface area is 167 Å². The molecule has 0 amide bonds. The van der Waals surface area contributed by atoms with Gasteiger partial charge in [-0.05, 0) is 22.9 Å². The van der Waals surface area contributed by atoms with Crippen LogP contribution in [0, 0.1) is 0 Å². The molecule has 2 heterocycles. The monoisotopic (exact) mass is 372 g/mol. The predicted octanol–water partition coefficient (Wildman–Crippen LogP) is 6.86. The van der Waals surface area contributed by atoms with Crippen LogP contribution < -0.4 is 0 Å². The van der Waals surface area contributed by atoms with Crippen LogP contribution in [-0.4, -0.2) is 9.97 Å². The van der Waals surface area contributed by atoms with Crippen LogP contribution in [0.1, 0.15) is 0 Å². The summed E-state index contributed by atoms with van der Waals surface area (Å²) in [5, 5.41) is 3.33. The minimum Gasteiger partial charge on any atom is -0.452 e. The molecule has 4 aromatic carbocycles. The first kappa shape index (κ1) is 16.0. The Bertz CT molecular complexity index is 1490. The summed E-state index contributed by atoms with van der Waals surface area (Å²) >= 11 is 0. The molecule has 0 unspecified atom stereocenters. The molecule has 0 spiro atoms. The first-order chi connectivity index (χ1) is 14.4. The Morgan fingerprint density at radius 1 is 0.586 bits per heavy atom. The zero-order chi connectivity index (χ0) is 19.2. The normalized spacial score (nSPS) is 11.4. The van der Waals surface area contributed by atoms with Crippen molar-refractivity contribution < 1.29 is 4.42 Å². The highest BCUT2D eigenvalue weighted by atomic mass is 16.3. The standard InChI is InChI=1S/C26H16N2O/c1-3-9-17(10-4-1)23-25-24(28-26(27-23)18-11-5-2-6-12-18)21-15-19-13-7-8-14-20(19)16-22(21)29-25/h1-16H. The van der Waals surface area contributed by atoms with E-state index in [2.05, 4.69) is 42.5 Å². The molecule has 0 radical (unpaired) electrons. The number of hydrogen-bond donors (Lipinski definition) is 0. The van der Waals surface area contributed by atoms with Crippen molar-refractivity contribution in [2.75, 3.05) is 0 Å². The summed E-state index contributed by atoms with van der Waals surface area (Å²) in [6.07, 6.45) is 0. The highest BCUT2D eigenvalue weighted by molar-refractivity contribution is 6.11. The molecule has 0 saturated heterocycles. The SMILES string of the molecule is c1ccc(-c2nc(-c3ccccc3)c3oc4cc5ccccc5cc4c3n2)cc1. The average Bonchev–Trinajstić information content (AvgIpc) is 3.15. The van der Waals surface area contributed by atoms with E-state index in [1.54, 1.807) is 0 Å². The van der Waals surface area contributed by atoms with Gasteiger partial charge >= 0.3 is 0 Å². The number of rotatable bonds is 2. The smallest absolute Gasteiger partial charge is 0.180 e. The van der Waals surface area contributed by atoms with Gasteiger partial charge in [-0.25, -0.2) is 9.97 Å². The highest BCUT2D eigenvalue weighted by Gasteiger charge is 2.18. The third kappa shape index (κ3) is 2.59. The summed E-state index contributed by atoms with van der Waals surface area (Å²) in [6, 6.07) is 32.8. The van der Waals surface area contributed by atoms with Crippen LogP contribution in [0.2, 0.25) is 0 Å². The molecule has 6 rings (SSSR count). The number of benzene rings is 4. The van der Waals surface area contributed by atoms with Gasteiger partial charge in [0.25, 0.3) is 0 Å². The molecule has 3 nitrogen and oxygen atoms in total. The van der Waals surface area contributed by atoms with E-state index in [0.29, 0.717) is 5.82 Å². The lowest BCUT2D eigenvalue weighted by molar-refractivity contribution is 0.668. The van der Waals surface area contributed by atoms with Gasteiger partial charge in [-0.3, -0.25) is 0 Å². The van der Waals surface area contributed by atoms with Crippen LogP contribution >= 0.6 is 0 Å². The van der Waals surface area contributed by atoms with Crippen LogP contribution in [-0.2, 0) is 0 Å². The Hall–Kier alpha value is -3.98. The van der Waals surface area contributed by atoms with Crippen molar-refractivity contribution in [2.24, 2.45) is 0 Å². The van der Waals surface area contributed by atoms with Gasteiger partial charge in [0, 0.05) is 16.5 Å². The molecular formula is C26H16N2O. The maximum atomic E-state index is 6.31. The number of furan rings is 1. The zero-order valence-electron chi connectivity index (χ0n) is 15.5. The summed E-state index contributed by atoms with van der Waals surface area (Å²) in [5.74, 6) is 0.702. The zero-order valence-corrected chi connectivity index (χ0v) is 15.5. The number of nitrogens with zero attached hydrogens (tertiary/aromatic N) is 2. The third-order valence-electron chi connectivity index (χ3n) is 5.26. The van der Waals surface area contributed by atoms with Crippen LogP contribution in [0.15, 0.2) is 101 Å². The molecule has 2 aromatic heterocycles. The van der Waals surface area contributed by atoms with Gasteiger partial charge in [0.1, 0.15) is 16.8 Å². The van der Waals surface area contributed by atoms with E-state index in [-0.39, 0.29) is 0 Å². The Balaban J connectivity index is 1.75. The van der Waals surface area contributed by atoms with Crippen molar-refractivity contribution >= 4 is 32.8 Å². The minimum atomic E-state index is 0.702. The van der Waals surface area contributed by atoms with Crippen molar-refractivity contribution in [3.63, 3.8) is 0 Å². The van der Waals surface area contributed by atoms with Crippen LogP contribution in [0.3, 0.4) is 0 Å². The third-order valence-corrected chi connectivity index (χ3v) is 5.26. The van der Waals surface area contributed by atoms with E-state index in [0.717, 1.165) is 44.3 Å². The van der Waals surface area contributed by atoms with Crippen LogP contribution in [0.5, 0.6) is 0 Å². The average molecular weight is 372 g/mol. The van der Waals surface area contributed by atoms with Crippen LogP contribution in [0.4, 0.5) is 0 Å². The van der Waals surface area contributed by atoms with Gasteiger partial charge in [0.05, 0.1) is 0 Å². The van der Waals surface area contributed by atoms with Crippen molar-refractivity contribution in [3.8, 4) is 22.6 Å². The predicted molar refractivity (Wildman–Crippen MR) is 118 cm³/mol. The number of hydrogen-bond acceptors (Lipinski definition) is 3. The maximum Gasteiger partial charge on any atom is 0.180 e. The molecule has 6 aromatic rings. The van der Waals surface area contributed by atoms with Gasteiger partial charge in [0.2, 0.25) is 0 Å². The summed E-state index contributed by atoms with van der Waals surface area (Å²) in [4.78, 5) is 9.82. The summed E-state index contributed by atoms with van der Waals surface area (Å²) in [6.45, 7) is 0. The van der Waals surface area contributed by atoms with Gasteiger partial charge in [-0.2, -0.15) is 0 Å². The molecule has 136 valence electrons. The highest BCUT2D eigenvalue weighted by Crippen LogP contribution is 2.37. The van der Waals surface area contributed by atoms with E-state index in [4.69, 9.17) is 14.4 Å². The van der Waals surface area contributed by atoms with Gasteiger partial charge in [0.15, 0.2) is 11.4 Å². The number of aromatic nitrogens is 2. The molecule has 0 N–H and O–H groups in total. The Kier molecular flexibility index (Phi) is 3.47.